The summed E-state index contributed by atoms with van der Waals surface area (Å²) < 4.78 is 43.1. The Morgan fingerprint density at radius 1 is 1.33 bits per heavy atom. The lowest BCUT2D eigenvalue weighted by molar-refractivity contribution is -0.175. The average molecular weight is 307 g/mol. The third kappa shape index (κ3) is 6.48. The zero-order valence-corrected chi connectivity index (χ0v) is 12.8. The summed E-state index contributed by atoms with van der Waals surface area (Å²) in [4.78, 5) is 0. The van der Waals surface area contributed by atoms with Crippen LogP contribution in [0.3, 0.4) is 0 Å². The highest BCUT2D eigenvalue weighted by Crippen LogP contribution is 2.15. The van der Waals surface area contributed by atoms with Gasteiger partial charge < -0.3 is 10.1 Å². The van der Waals surface area contributed by atoms with Gasteiger partial charge in [-0.25, -0.2) is 0 Å². The molecule has 0 aliphatic carbocycles. The molecule has 0 radical (unpaired) electrons. The Morgan fingerprint density at radius 2 is 2.05 bits per heavy atom. The number of aromatic nitrogens is 2. The molecule has 0 spiro atoms. The van der Waals surface area contributed by atoms with E-state index in [4.69, 9.17) is 4.74 Å². The molecule has 0 aliphatic heterocycles. The van der Waals surface area contributed by atoms with Crippen molar-refractivity contribution >= 4 is 0 Å². The van der Waals surface area contributed by atoms with Gasteiger partial charge in [0, 0.05) is 24.7 Å². The molecule has 7 heteroatoms. The summed E-state index contributed by atoms with van der Waals surface area (Å²) in [5.74, 6) is 0. The van der Waals surface area contributed by atoms with Crippen LogP contribution < -0.4 is 5.32 Å². The van der Waals surface area contributed by atoms with Crippen molar-refractivity contribution in [2.75, 3.05) is 19.8 Å². The van der Waals surface area contributed by atoms with Crippen LogP contribution in [0.15, 0.2) is 6.07 Å². The lowest BCUT2D eigenvalue weighted by Crippen LogP contribution is -2.37. The van der Waals surface area contributed by atoms with E-state index in [1.54, 1.807) is 0 Å². The van der Waals surface area contributed by atoms with E-state index in [0.717, 1.165) is 24.4 Å². The fourth-order valence-electron chi connectivity index (χ4n) is 2.17. The molecule has 0 amide bonds. The quantitative estimate of drug-likeness (QED) is 0.762. The van der Waals surface area contributed by atoms with Crippen molar-refractivity contribution < 1.29 is 17.9 Å². The van der Waals surface area contributed by atoms with Crippen LogP contribution in [-0.4, -0.2) is 41.8 Å². The molecule has 1 heterocycles. The minimum atomic E-state index is -4.28. The third-order valence-electron chi connectivity index (χ3n) is 3.11. The Bertz CT molecular complexity index is 418. The molecule has 0 aliphatic rings. The van der Waals surface area contributed by atoms with Gasteiger partial charge in [-0.05, 0) is 26.0 Å². The van der Waals surface area contributed by atoms with E-state index in [9.17, 15) is 13.2 Å². The Kier molecular flexibility index (Phi) is 7.17. The van der Waals surface area contributed by atoms with Crippen molar-refractivity contribution in [1.29, 1.82) is 0 Å². The Balaban J connectivity index is 2.62. The molecule has 1 aromatic heterocycles. The normalized spacial score (nSPS) is 13.6. The molecule has 0 saturated carbocycles. The van der Waals surface area contributed by atoms with E-state index in [1.165, 1.54) is 0 Å². The lowest BCUT2D eigenvalue weighted by Gasteiger charge is -2.19. The van der Waals surface area contributed by atoms with Gasteiger partial charge in [0.15, 0.2) is 0 Å². The summed E-state index contributed by atoms with van der Waals surface area (Å²) in [5.41, 5.74) is 2.02. The van der Waals surface area contributed by atoms with E-state index < -0.39 is 12.8 Å². The van der Waals surface area contributed by atoms with Gasteiger partial charge in [0.1, 0.15) is 6.61 Å². The van der Waals surface area contributed by atoms with Crippen LogP contribution in [0.25, 0.3) is 0 Å². The van der Waals surface area contributed by atoms with Gasteiger partial charge >= 0.3 is 6.18 Å². The van der Waals surface area contributed by atoms with Crippen molar-refractivity contribution in [3.05, 3.63) is 17.5 Å². The molecule has 0 fully saturated rings. The number of aryl methyl sites for hydroxylation is 2. The number of ether oxygens (including phenoxy) is 1. The minimum absolute atomic E-state index is 0.0315. The first-order chi connectivity index (χ1) is 9.89. The van der Waals surface area contributed by atoms with Crippen molar-refractivity contribution in [1.82, 2.24) is 15.1 Å². The SMILES string of the molecule is CCNC(COCC(F)(F)F)Cc1cc(CC)nn1CC. The molecule has 1 atom stereocenters. The van der Waals surface area contributed by atoms with Crippen LogP contribution in [0, 0.1) is 0 Å². The summed E-state index contributed by atoms with van der Waals surface area (Å²) in [6.07, 6.45) is -2.83. The first-order valence-corrected chi connectivity index (χ1v) is 7.33. The Morgan fingerprint density at radius 3 is 2.57 bits per heavy atom. The van der Waals surface area contributed by atoms with Gasteiger partial charge in [-0.3, -0.25) is 4.68 Å². The lowest BCUT2D eigenvalue weighted by atomic mass is 10.1. The second-order valence-corrected chi connectivity index (χ2v) is 4.89. The van der Waals surface area contributed by atoms with E-state index in [0.29, 0.717) is 13.0 Å². The zero-order chi connectivity index (χ0) is 15.9. The molecule has 1 unspecified atom stereocenters. The summed E-state index contributed by atoms with van der Waals surface area (Å²) >= 11 is 0. The first kappa shape index (κ1) is 18.0. The van der Waals surface area contributed by atoms with Gasteiger partial charge in [0.2, 0.25) is 0 Å². The summed E-state index contributed by atoms with van der Waals surface area (Å²) in [6, 6.07) is 1.86. The summed E-state index contributed by atoms with van der Waals surface area (Å²) in [6.45, 7) is 6.20. The van der Waals surface area contributed by atoms with Crippen molar-refractivity contribution in [3.8, 4) is 0 Å². The molecule has 0 aromatic carbocycles. The van der Waals surface area contributed by atoms with Gasteiger partial charge in [-0.1, -0.05) is 13.8 Å². The largest absolute Gasteiger partial charge is 0.411 e. The number of nitrogens with one attached hydrogen (secondary N) is 1. The number of hydrogen-bond acceptors (Lipinski definition) is 3. The van der Waals surface area contributed by atoms with Crippen molar-refractivity contribution in [2.45, 2.75) is 52.4 Å². The van der Waals surface area contributed by atoms with Crippen molar-refractivity contribution in [3.63, 3.8) is 0 Å². The first-order valence-electron chi connectivity index (χ1n) is 7.33. The van der Waals surface area contributed by atoms with E-state index >= 15 is 0 Å². The highest BCUT2D eigenvalue weighted by Gasteiger charge is 2.28. The van der Waals surface area contributed by atoms with Gasteiger partial charge in [-0.2, -0.15) is 18.3 Å². The molecule has 0 saturated heterocycles. The Labute approximate surface area is 123 Å². The monoisotopic (exact) mass is 307 g/mol. The molecule has 1 rings (SSSR count). The van der Waals surface area contributed by atoms with Crippen LogP contribution in [-0.2, 0) is 24.1 Å². The van der Waals surface area contributed by atoms with Crippen LogP contribution in [0.5, 0.6) is 0 Å². The summed E-state index contributed by atoms with van der Waals surface area (Å²) in [7, 11) is 0. The maximum absolute atomic E-state index is 12.1. The number of alkyl halides is 3. The molecule has 122 valence electrons. The maximum Gasteiger partial charge on any atom is 0.411 e. The molecular weight excluding hydrogens is 283 g/mol. The van der Waals surface area contributed by atoms with Crippen LogP contribution >= 0.6 is 0 Å². The highest BCUT2D eigenvalue weighted by atomic mass is 19.4. The van der Waals surface area contributed by atoms with E-state index in [1.807, 2.05) is 31.5 Å². The van der Waals surface area contributed by atoms with Gasteiger partial charge in [0.05, 0.1) is 12.3 Å². The summed E-state index contributed by atoms with van der Waals surface area (Å²) in [5, 5.41) is 7.61. The van der Waals surface area contributed by atoms with Gasteiger partial charge in [0.25, 0.3) is 0 Å². The van der Waals surface area contributed by atoms with Crippen LogP contribution in [0.1, 0.15) is 32.2 Å². The number of hydrogen-bond donors (Lipinski definition) is 1. The molecular formula is C14H24F3N3O. The number of nitrogens with zero attached hydrogens (tertiary/aromatic N) is 2. The predicted octanol–water partition coefficient (Wildman–Crippen LogP) is 2.56. The molecule has 4 nitrogen and oxygen atoms in total. The minimum Gasteiger partial charge on any atom is -0.370 e. The van der Waals surface area contributed by atoms with Gasteiger partial charge in [-0.15, -0.1) is 0 Å². The smallest absolute Gasteiger partial charge is 0.370 e. The van der Waals surface area contributed by atoms with Crippen molar-refractivity contribution in [2.24, 2.45) is 0 Å². The third-order valence-corrected chi connectivity index (χ3v) is 3.11. The van der Waals surface area contributed by atoms with E-state index in [-0.39, 0.29) is 12.6 Å². The number of halogens is 3. The van der Waals surface area contributed by atoms with Crippen LogP contribution in [0.2, 0.25) is 0 Å². The predicted molar refractivity (Wildman–Crippen MR) is 75.3 cm³/mol. The topological polar surface area (TPSA) is 39.1 Å². The fraction of sp³-hybridized carbons (Fsp3) is 0.786. The highest BCUT2D eigenvalue weighted by molar-refractivity contribution is 5.12. The molecule has 1 N–H and O–H groups in total. The van der Waals surface area contributed by atoms with E-state index in [2.05, 4.69) is 10.4 Å². The average Bonchev–Trinajstić information content (AvgIpc) is 2.79. The second-order valence-electron chi connectivity index (χ2n) is 4.89. The molecule has 1 aromatic rings. The number of rotatable bonds is 9. The number of likely N-dealkylation sites (N-methyl/N-ethyl adjacent to an activating group) is 1. The fourth-order valence-corrected chi connectivity index (χ4v) is 2.17. The van der Waals surface area contributed by atoms with Crippen LogP contribution in [0.4, 0.5) is 13.2 Å². The Hall–Kier alpha value is -1.08. The second kappa shape index (κ2) is 8.38. The maximum atomic E-state index is 12.1. The molecule has 21 heavy (non-hydrogen) atoms. The standard InChI is InChI=1S/C14H24F3N3O/c1-4-11-7-13(20(6-3)19-11)8-12(18-5-2)9-21-10-14(15,16)17/h7,12,18H,4-6,8-10H2,1-3H3. The zero-order valence-electron chi connectivity index (χ0n) is 12.8. The molecule has 0 bridgehead atoms.